The fourth-order valence-electron chi connectivity index (χ4n) is 1.26. The molecular formula is C11H21N3O2. The fourth-order valence-corrected chi connectivity index (χ4v) is 1.26. The third-order valence-electron chi connectivity index (χ3n) is 2.43. The molecule has 16 heavy (non-hydrogen) atoms. The van der Waals surface area contributed by atoms with Crippen LogP contribution < -0.4 is 16.0 Å². The van der Waals surface area contributed by atoms with Gasteiger partial charge in [0, 0.05) is 13.1 Å². The van der Waals surface area contributed by atoms with Crippen molar-refractivity contribution in [2.24, 2.45) is 5.92 Å². The Morgan fingerprint density at radius 3 is 2.31 bits per heavy atom. The summed E-state index contributed by atoms with van der Waals surface area (Å²) in [6, 6.07) is 0. The van der Waals surface area contributed by atoms with E-state index in [-0.39, 0.29) is 24.9 Å². The van der Waals surface area contributed by atoms with Crippen LogP contribution in [0, 0.1) is 5.92 Å². The van der Waals surface area contributed by atoms with Gasteiger partial charge in [-0.15, -0.1) is 0 Å². The Hall–Kier alpha value is -1.10. The van der Waals surface area contributed by atoms with E-state index in [0.29, 0.717) is 12.5 Å². The molecule has 1 fully saturated rings. The summed E-state index contributed by atoms with van der Waals surface area (Å²) in [5.74, 6) is 0.601. The predicted octanol–water partition coefficient (Wildman–Crippen LogP) is -0.372. The van der Waals surface area contributed by atoms with Crippen LogP contribution in [0.1, 0.15) is 26.2 Å². The molecule has 0 spiro atoms. The lowest BCUT2D eigenvalue weighted by Gasteiger charge is -2.06. The van der Waals surface area contributed by atoms with Crippen molar-refractivity contribution in [2.75, 3.05) is 26.2 Å². The van der Waals surface area contributed by atoms with Crippen molar-refractivity contribution in [2.45, 2.75) is 26.2 Å². The van der Waals surface area contributed by atoms with Gasteiger partial charge in [0.2, 0.25) is 11.8 Å². The Morgan fingerprint density at radius 1 is 1.12 bits per heavy atom. The van der Waals surface area contributed by atoms with Gasteiger partial charge in [0.1, 0.15) is 0 Å². The Morgan fingerprint density at radius 2 is 1.75 bits per heavy atom. The molecule has 0 aromatic rings. The van der Waals surface area contributed by atoms with E-state index in [1.165, 1.54) is 12.8 Å². The van der Waals surface area contributed by atoms with Crippen molar-refractivity contribution >= 4 is 11.8 Å². The number of hydrogen-bond donors (Lipinski definition) is 3. The number of amides is 2. The van der Waals surface area contributed by atoms with Gasteiger partial charge in [-0.25, -0.2) is 0 Å². The smallest absolute Gasteiger partial charge is 0.233 e. The van der Waals surface area contributed by atoms with E-state index < -0.39 is 0 Å². The molecule has 0 atom stereocenters. The summed E-state index contributed by atoms with van der Waals surface area (Å²) in [6.45, 7) is 3.89. The highest BCUT2D eigenvalue weighted by Crippen LogP contribution is 2.27. The van der Waals surface area contributed by atoms with Gasteiger partial charge in [-0.3, -0.25) is 14.9 Å². The number of nitrogens with one attached hydrogen (secondary N) is 3. The first-order valence-corrected chi connectivity index (χ1v) is 5.96. The molecule has 1 aliphatic carbocycles. The molecule has 5 heteroatoms. The second kappa shape index (κ2) is 7.22. The minimum atomic E-state index is -0.0585. The first-order chi connectivity index (χ1) is 7.72. The van der Waals surface area contributed by atoms with E-state index in [1.807, 2.05) is 6.92 Å². The lowest BCUT2D eigenvalue weighted by atomic mass is 10.4. The molecule has 0 unspecified atom stereocenters. The number of carbonyl (C=O) groups excluding carboxylic acids is 2. The Kier molecular flexibility index (Phi) is 5.85. The van der Waals surface area contributed by atoms with Crippen molar-refractivity contribution in [1.82, 2.24) is 16.0 Å². The van der Waals surface area contributed by atoms with Gasteiger partial charge < -0.3 is 10.6 Å². The minimum absolute atomic E-state index is 0.0322. The molecule has 5 nitrogen and oxygen atoms in total. The van der Waals surface area contributed by atoms with Crippen molar-refractivity contribution in [1.29, 1.82) is 0 Å². The van der Waals surface area contributed by atoms with Gasteiger partial charge in [-0.1, -0.05) is 6.92 Å². The van der Waals surface area contributed by atoms with E-state index >= 15 is 0 Å². The first-order valence-electron chi connectivity index (χ1n) is 5.96. The second-order valence-electron chi connectivity index (χ2n) is 4.20. The van der Waals surface area contributed by atoms with Gasteiger partial charge in [0.05, 0.1) is 13.1 Å². The van der Waals surface area contributed by atoms with E-state index in [0.717, 1.165) is 13.0 Å². The molecule has 0 aliphatic heterocycles. The SMILES string of the molecule is CCCNC(=O)CNCC(=O)NCC1CC1. The van der Waals surface area contributed by atoms with Crippen LogP contribution >= 0.6 is 0 Å². The number of rotatable bonds is 8. The maximum absolute atomic E-state index is 11.3. The lowest BCUT2D eigenvalue weighted by Crippen LogP contribution is -2.40. The van der Waals surface area contributed by atoms with Crippen LogP contribution in [0.5, 0.6) is 0 Å². The molecule has 0 aromatic heterocycles. The molecule has 3 N–H and O–H groups in total. The summed E-state index contributed by atoms with van der Waals surface area (Å²) in [5, 5.41) is 8.38. The Labute approximate surface area is 96.4 Å². The number of hydrogen-bond acceptors (Lipinski definition) is 3. The van der Waals surface area contributed by atoms with Crippen molar-refractivity contribution in [3.63, 3.8) is 0 Å². The van der Waals surface area contributed by atoms with Gasteiger partial charge >= 0.3 is 0 Å². The van der Waals surface area contributed by atoms with Crippen LogP contribution in [0.4, 0.5) is 0 Å². The molecular weight excluding hydrogens is 206 g/mol. The number of carbonyl (C=O) groups is 2. The molecule has 0 heterocycles. The van der Waals surface area contributed by atoms with Crippen LogP contribution in [-0.4, -0.2) is 38.0 Å². The van der Waals surface area contributed by atoms with Crippen molar-refractivity contribution < 1.29 is 9.59 Å². The average Bonchev–Trinajstić information content (AvgIpc) is 3.07. The highest BCUT2D eigenvalue weighted by atomic mass is 16.2. The summed E-state index contributed by atoms with van der Waals surface area (Å²) in [4.78, 5) is 22.4. The maximum Gasteiger partial charge on any atom is 0.233 e. The average molecular weight is 227 g/mol. The van der Waals surface area contributed by atoms with Crippen LogP contribution in [0.3, 0.4) is 0 Å². The zero-order chi connectivity index (χ0) is 11.8. The van der Waals surface area contributed by atoms with E-state index in [1.54, 1.807) is 0 Å². The minimum Gasteiger partial charge on any atom is -0.355 e. The summed E-state index contributed by atoms with van der Waals surface area (Å²) in [6.07, 6.45) is 3.38. The Bertz CT molecular complexity index is 239. The highest BCUT2D eigenvalue weighted by Gasteiger charge is 2.21. The third kappa shape index (κ3) is 6.40. The van der Waals surface area contributed by atoms with E-state index in [2.05, 4.69) is 16.0 Å². The van der Waals surface area contributed by atoms with Crippen LogP contribution in [0.15, 0.2) is 0 Å². The van der Waals surface area contributed by atoms with Crippen LogP contribution in [0.25, 0.3) is 0 Å². The van der Waals surface area contributed by atoms with E-state index in [9.17, 15) is 9.59 Å². The normalized spacial score (nSPS) is 14.6. The van der Waals surface area contributed by atoms with E-state index in [4.69, 9.17) is 0 Å². The molecule has 1 saturated carbocycles. The summed E-state index contributed by atoms with van der Waals surface area (Å²) in [7, 11) is 0. The van der Waals surface area contributed by atoms with Crippen molar-refractivity contribution in [3.8, 4) is 0 Å². The zero-order valence-corrected chi connectivity index (χ0v) is 9.84. The maximum atomic E-state index is 11.3. The first kappa shape index (κ1) is 13.0. The molecule has 0 radical (unpaired) electrons. The summed E-state index contributed by atoms with van der Waals surface area (Å²) >= 11 is 0. The Balaban J connectivity index is 1.92. The standard InChI is InChI=1S/C11H21N3O2/c1-2-5-13-10(15)7-12-8-11(16)14-6-9-3-4-9/h9,12H,2-8H2,1H3,(H,13,15)(H,14,16). The monoisotopic (exact) mass is 227 g/mol. The summed E-state index contributed by atoms with van der Waals surface area (Å²) in [5.41, 5.74) is 0. The van der Waals surface area contributed by atoms with Crippen molar-refractivity contribution in [3.05, 3.63) is 0 Å². The predicted molar refractivity (Wildman–Crippen MR) is 61.9 cm³/mol. The van der Waals surface area contributed by atoms with Crippen LogP contribution in [0.2, 0.25) is 0 Å². The van der Waals surface area contributed by atoms with Crippen LogP contribution in [-0.2, 0) is 9.59 Å². The van der Waals surface area contributed by atoms with Gasteiger partial charge in [-0.05, 0) is 25.2 Å². The van der Waals surface area contributed by atoms with Gasteiger partial charge in [-0.2, -0.15) is 0 Å². The quantitative estimate of drug-likeness (QED) is 0.530. The lowest BCUT2D eigenvalue weighted by molar-refractivity contribution is -0.121. The molecule has 0 saturated heterocycles. The third-order valence-corrected chi connectivity index (χ3v) is 2.43. The highest BCUT2D eigenvalue weighted by molar-refractivity contribution is 5.81. The fraction of sp³-hybridized carbons (Fsp3) is 0.818. The molecule has 92 valence electrons. The zero-order valence-electron chi connectivity index (χ0n) is 9.84. The van der Waals surface area contributed by atoms with Gasteiger partial charge in [0.15, 0.2) is 0 Å². The second-order valence-corrected chi connectivity index (χ2v) is 4.20. The molecule has 0 aromatic carbocycles. The molecule has 2 amide bonds. The molecule has 0 bridgehead atoms. The topological polar surface area (TPSA) is 70.2 Å². The molecule has 1 rings (SSSR count). The molecule has 1 aliphatic rings. The summed E-state index contributed by atoms with van der Waals surface area (Å²) < 4.78 is 0. The largest absolute Gasteiger partial charge is 0.355 e. The van der Waals surface area contributed by atoms with Gasteiger partial charge in [0.25, 0.3) is 0 Å².